The predicted octanol–water partition coefficient (Wildman–Crippen LogP) is -0.424. The molecule has 1 rings (SSSR count). The van der Waals surface area contributed by atoms with Gasteiger partial charge in [-0.2, -0.15) is 0 Å². The molecule has 0 aromatic heterocycles. The fourth-order valence-electron chi connectivity index (χ4n) is 2.65. The van der Waals surface area contributed by atoms with Crippen LogP contribution in [0.3, 0.4) is 0 Å². The summed E-state index contributed by atoms with van der Waals surface area (Å²) in [5, 5.41) is 18.6. The molecular formula is C11H23BN2O3. The molecule has 0 saturated carbocycles. The number of carbonyl (C=O) groups excluding carboxylic acids is 1. The lowest BCUT2D eigenvalue weighted by Gasteiger charge is -2.33. The summed E-state index contributed by atoms with van der Waals surface area (Å²) in [7, 11) is 2.32. The van der Waals surface area contributed by atoms with Crippen molar-refractivity contribution in [2.45, 2.75) is 38.7 Å². The molecule has 0 unspecified atom stereocenters. The Morgan fingerprint density at radius 1 is 1.41 bits per heavy atom. The molecule has 2 atom stereocenters. The van der Waals surface area contributed by atoms with Crippen LogP contribution in [-0.2, 0) is 4.79 Å². The zero-order chi connectivity index (χ0) is 13.2. The summed E-state index contributed by atoms with van der Waals surface area (Å²) in [5.74, 6) is -0.237. The largest absolute Gasteiger partial charge is 0.475 e. The highest BCUT2D eigenvalue weighted by Crippen LogP contribution is 2.22. The molecule has 1 aliphatic rings. The van der Waals surface area contributed by atoms with Crippen LogP contribution < -0.4 is 0 Å². The van der Waals surface area contributed by atoms with Crippen molar-refractivity contribution in [1.29, 1.82) is 0 Å². The molecule has 2 N–H and O–H groups in total. The third kappa shape index (κ3) is 3.21. The monoisotopic (exact) mass is 242 g/mol. The Labute approximate surface area is 104 Å². The van der Waals surface area contributed by atoms with Gasteiger partial charge < -0.3 is 14.9 Å². The van der Waals surface area contributed by atoms with Crippen molar-refractivity contribution in [3.8, 4) is 0 Å². The van der Waals surface area contributed by atoms with Crippen molar-refractivity contribution in [3.63, 3.8) is 0 Å². The zero-order valence-corrected chi connectivity index (χ0v) is 11.1. The van der Waals surface area contributed by atoms with Gasteiger partial charge in [0.25, 0.3) is 0 Å². The van der Waals surface area contributed by atoms with Gasteiger partial charge in [-0.1, -0.05) is 13.8 Å². The molecule has 1 amide bonds. The van der Waals surface area contributed by atoms with Crippen LogP contribution in [0.1, 0.15) is 26.7 Å². The van der Waals surface area contributed by atoms with Crippen molar-refractivity contribution in [2.75, 3.05) is 20.6 Å². The van der Waals surface area contributed by atoms with Gasteiger partial charge in [0.15, 0.2) is 0 Å². The van der Waals surface area contributed by atoms with E-state index in [-0.39, 0.29) is 17.9 Å². The second-order valence-corrected chi connectivity index (χ2v) is 5.31. The Hall–Kier alpha value is -0.585. The first kappa shape index (κ1) is 14.5. The van der Waals surface area contributed by atoms with Crippen LogP contribution in [0, 0.1) is 5.92 Å². The molecule has 0 aromatic carbocycles. The van der Waals surface area contributed by atoms with Gasteiger partial charge in [0.05, 0.1) is 12.0 Å². The van der Waals surface area contributed by atoms with Crippen molar-refractivity contribution in [3.05, 3.63) is 0 Å². The Balaban J connectivity index is 2.80. The molecule has 0 bridgehead atoms. The number of rotatable bonds is 4. The minimum Gasteiger partial charge on any atom is -0.426 e. The summed E-state index contributed by atoms with van der Waals surface area (Å²) in [4.78, 5) is 15.9. The van der Waals surface area contributed by atoms with E-state index in [1.165, 1.54) is 0 Å². The molecule has 98 valence electrons. The summed E-state index contributed by atoms with van der Waals surface area (Å²) >= 11 is 0. The van der Waals surface area contributed by atoms with E-state index in [1.54, 1.807) is 4.90 Å². The summed E-state index contributed by atoms with van der Waals surface area (Å²) in [6.45, 7) is 4.63. The van der Waals surface area contributed by atoms with Crippen LogP contribution in [0.15, 0.2) is 0 Å². The fraction of sp³-hybridized carbons (Fsp3) is 0.909. The average molecular weight is 242 g/mol. The van der Waals surface area contributed by atoms with Crippen molar-refractivity contribution in [1.82, 2.24) is 9.80 Å². The van der Waals surface area contributed by atoms with Gasteiger partial charge in [-0.05, 0) is 32.9 Å². The van der Waals surface area contributed by atoms with E-state index < -0.39 is 13.1 Å². The lowest BCUT2D eigenvalue weighted by molar-refractivity contribution is -0.137. The third-order valence-corrected chi connectivity index (χ3v) is 3.37. The van der Waals surface area contributed by atoms with Gasteiger partial charge in [0.1, 0.15) is 0 Å². The van der Waals surface area contributed by atoms with E-state index in [1.807, 2.05) is 32.8 Å². The smallest absolute Gasteiger partial charge is 0.426 e. The van der Waals surface area contributed by atoms with Crippen molar-refractivity contribution in [2.24, 2.45) is 5.92 Å². The molecule has 5 nitrogen and oxygen atoms in total. The third-order valence-electron chi connectivity index (χ3n) is 3.37. The second kappa shape index (κ2) is 5.84. The quantitative estimate of drug-likeness (QED) is 0.657. The minimum atomic E-state index is -1.43. The number of likely N-dealkylation sites (N-methyl/N-ethyl adjacent to an activating group) is 1. The highest BCUT2D eigenvalue weighted by molar-refractivity contribution is 6.43. The van der Waals surface area contributed by atoms with Gasteiger partial charge in [-0.15, -0.1) is 0 Å². The highest BCUT2D eigenvalue weighted by atomic mass is 16.4. The van der Waals surface area contributed by atoms with Crippen LogP contribution in [-0.4, -0.2) is 65.5 Å². The minimum absolute atomic E-state index is 0.000556. The van der Waals surface area contributed by atoms with Crippen LogP contribution in [0.2, 0.25) is 0 Å². The van der Waals surface area contributed by atoms with E-state index in [0.29, 0.717) is 13.0 Å². The van der Waals surface area contributed by atoms with Crippen molar-refractivity contribution >= 4 is 13.0 Å². The standard InChI is InChI=1S/C11H23BN2O3/c1-8(2)10(13(3)4)11(15)14-7-5-6-9(14)12(16)17/h8-10,16-17H,5-7H2,1-4H3/t9-,10-/m0/s1. The van der Waals surface area contributed by atoms with E-state index in [4.69, 9.17) is 0 Å². The highest BCUT2D eigenvalue weighted by Gasteiger charge is 2.40. The molecule has 0 radical (unpaired) electrons. The maximum atomic E-state index is 12.4. The van der Waals surface area contributed by atoms with Crippen LogP contribution >= 0.6 is 0 Å². The Kier molecular flexibility index (Phi) is 4.97. The fourth-order valence-corrected chi connectivity index (χ4v) is 2.65. The lowest BCUT2D eigenvalue weighted by Crippen LogP contribution is -2.53. The first-order chi connectivity index (χ1) is 7.86. The number of amides is 1. The first-order valence-corrected chi connectivity index (χ1v) is 6.19. The molecule has 1 aliphatic heterocycles. The Morgan fingerprint density at radius 3 is 2.41 bits per heavy atom. The number of nitrogens with zero attached hydrogens (tertiary/aromatic N) is 2. The first-order valence-electron chi connectivity index (χ1n) is 6.19. The number of hydrogen-bond acceptors (Lipinski definition) is 4. The topological polar surface area (TPSA) is 64.0 Å². The van der Waals surface area contributed by atoms with Crippen LogP contribution in [0.5, 0.6) is 0 Å². The molecule has 1 heterocycles. The summed E-state index contributed by atoms with van der Waals surface area (Å²) < 4.78 is 0. The maximum Gasteiger partial charge on any atom is 0.475 e. The van der Waals surface area contributed by atoms with E-state index in [0.717, 1.165) is 6.42 Å². The van der Waals surface area contributed by atoms with E-state index >= 15 is 0 Å². The number of hydrogen-bond donors (Lipinski definition) is 2. The molecule has 0 aliphatic carbocycles. The van der Waals surface area contributed by atoms with E-state index in [2.05, 4.69) is 0 Å². The average Bonchev–Trinajstić information content (AvgIpc) is 2.63. The zero-order valence-electron chi connectivity index (χ0n) is 11.1. The lowest BCUT2D eigenvalue weighted by atomic mass is 9.77. The summed E-state index contributed by atoms with van der Waals surface area (Å²) in [6, 6.07) is -0.200. The Bertz CT molecular complexity index is 263. The van der Waals surface area contributed by atoms with Gasteiger partial charge in [0.2, 0.25) is 5.91 Å². The number of likely N-dealkylation sites (tertiary alicyclic amines) is 1. The molecule has 1 fully saturated rings. The number of carbonyl (C=O) groups is 1. The molecule has 17 heavy (non-hydrogen) atoms. The van der Waals surface area contributed by atoms with Crippen molar-refractivity contribution < 1.29 is 14.8 Å². The van der Waals surface area contributed by atoms with Gasteiger partial charge >= 0.3 is 7.12 Å². The van der Waals surface area contributed by atoms with Crippen LogP contribution in [0.4, 0.5) is 0 Å². The Morgan fingerprint density at radius 2 is 2.00 bits per heavy atom. The molecule has 0 aromatic rings. The molecular weight excluding hydrogens is 219 g/mol. The molecule has 6 heteroatoms. The molecule has 1 saturated heterocycles. The van der Waals surface area contributed by atoms with E-state index in [9.17, 15) is 14.8 Å². The summed E-state index contributed by atoms with van der Waals surface area (Å²) in [5.41, 5.74) is 0. The maximum absolute atomic E-state index is 12.4. The SMILES string of the molecule is CC(C)[C@@H](C(=O)N1CCC[C@H]1B(O)O)N(C)C. The van der Waals surface area contributed by atoms with Gasteiger partial charge in [0, 0.05) is 6.54 Å². The van der Waals surface area contributed by atoms with Crippen LogP contribution in [0.25, 0.3) is 0 Å². The normalized spacial score (nSPS) is 22.4. The van der Waals surface area contributed by atoms with Gasteiger partial charge in [-0.25, -0.2) is 0 Å². The summed E-state index contributed by atoms with van der Waals surface area (Å²) in [6.07, 6.45) is 1.51. The molecule has 0 spiro atoms. The predicted molar refractivity (Wildman–Crippen MR) is 67.2 cm³/mol. The second-order valence-electron chi connectivity index (χ2n) is 5.31. The van der Waals surface area contributed by atoms with Gasteiger partial charge in [-0.3, -0.25) is 9.69 Å².